The molecular weight excluding hydrogens is 506 g/mol. The Morgan fingerprint density at radius 2 is 1.63 bits per heavy atom. The topological polar surface area (TPSA) is 35.9 Å². The number of rotatable bonds is 4. The molecule has 0 saturated carbocycles. The van der Waals surface area contributed by atoms with Gasteiger partial charge in [-0.25, -0.2) is 5.01 Å². The molecule has 0 aromatic heterocycles. The molecule has 3 aromatic rings. The van der Waals surface area contributed by atoms with Crippen LogP contribution < -0.4 is 4.90 Å². The predicted octanol–water partition coefficient (Wildman–Crippen LogP) is 6.27. The Morgan fingerprint density at radius 3 is 2.27 bits per heavy atom. The summed E-state index contributed by atoms with van der Waals surface area (Å²) in [5.41, 5.74) is 4.72. The van der Waals surface area contributed by atoms with Crippen LogP contribution in [0.2, 0.25) is 0 Å². The Morgan fingerprint density at radius 1 is 0.967 bits per heavy atom. The predicted molar refractivity (Wildman–Crippen MR) is 129 cm³/mol. The van der Waals surface area contributed by atoms with Crippen LogP contribution in [0.1, 0.15) is 33.9 Å². The third-order valence-corrected chi connectivity index (χ3v) is 6.41. The molecule has 4 nitrogen and oxygen atoms in total. The normalized spacial score (nSPS) is 15.8. The SMILES string of the molecule is CN(C)c1ccc([C@H]2CC(c3ccc(Br)cc3)=NN2C(=O)c2ccccc2Br)cc1. The fourth-order valence-electron chi connectivity index (χ4n) is 3.53. The monoisotopic (exact) mass is 525 g/mol. The zero-order valence-corrected chi connectivity index (χ0v) is 19.9. The van der Waals surface area contributed by atoms with E-state index in [0.717, 1.165) is 31.5 Å². The fourth-order valence-corrected chi connectivity index (χ4v) is 4.25. The summed E-state index contributed by atoms with van der Waals surface area (Å²) in [6.45, 7) is 0. The maximum atomic E-state index is 13.4. The number of carbonyl (C=O) groups is 1. The van der Waals surface area contributed by atoms with Crippen LogP contribution in [0.15, 0.2) is 86.8 Å². The van der Waals surface area contributed by atoms with E-state index >= 15 is 0 Å². The van der Waals surface area contributed by atoms with Crippen molar-refractivity contribution in [2.24, 2.45) is 5.10 Å². The lowest BCUT2D eigenvalue weighted by molar-refractivity contribution is 0.0710. The van der Waals surface area contributed by atoms with Gasteiger partial charge in [0.25, 0.3) is 5.91 Å². The third-order valence-electron chi connectivity index (χ3n) is 5.19. The lowest BCUT2D eigenvalue weighted by Gasteiger charge is -2.23. The first-order chi connectivity index (χ1) is 14.4. The number of carbonyl (C=O) groups excluding carboxylic acids is 1. The van der Waals surface area contributed by atoms with Gasteiger partial charge in [0.1, 0.15) is 0 Å². The molecule has 30 heavy (non-hydrogen) atoms. The summed E-state index contributed by atoms with van der Waals surface area (Å²) in [5, 5.41) is 6.40. The van der Waals surface area contributed by atoms with Gasteiger partial charge in [0.2, 0.25) is 0 Å². The highest BCUT2D eigenvalue weighted by Crippen LogP contribution is 2.35. The van der Waals surface area contributed by atoms with E-state index in [2.05, 4.69) is 61.0 Å². The van der Waals surface area contributed by atoms with Crippen molar-refractivity contribution in [3.8, 4) is 0 Å². The first-order valence-corrected chi connectivity index (χ1v) is 11.2. The number of hydrazone groups is 1. The Balaban J connectivity index is 1.73. The Labute approximate surface area is 193 Å². The zero-order chi connectivity index (χ0) is 21.3. The molecule has 0 aliphatic carbocycles. The average molecular weight is 527 g/mol. The molecule has 1 atom stereocenters. The minimum absolute atomic E-state index is 0.115. The number of halogens is 2. The van der Waals surface area contributed by atoms with Gasteiger partial charge in [-0.15, -0.1) is 0 Å². The van der Waals surface area contributed by atoms with Crippen molar-refractivity contribution in [2.45, 2.75) is 12.5 Å². The van der Waals surface area contributed by atoms with Crippen molar-refractivity contribution in [3.05, 3.63) is 98.4 Å². The van der Waals surface area contributed by atoms with Gasteiger partial charge in [-0.1, -0.05) is 52.3 Å². The van der Waals surface area contributed by atoms with E-state index in [1.165, 1.54) is 0 Å². The van der Waals surface area contributed by atoms with Crippen LogP contribution in [0.4, 0.5) is 5.69 Å². The van der Waals surface area contributed by atoms with Crippen molar-refractivity contribution >= 4 is 49.2 Å². The number of benzene rings is 3. The molecule has 152 valence electrons. The van der Waals surface area contributed by atoms with Gasteiger partial charge in [-0.2, -0.15) is 5.10 Å². The fraction of sp³-hybridized carbons (Fsp3) is 0.167. The molecule has 0 radical (unpaired) electrons. The van der Waals surface area contributed by atoms with Crippen molar-refractivity contribution in [1.29, 1.82) is 0 Å². The van der Waals surface area contributed by atoms with Gasteiger partial charge in [0, 0.05) is 35.1 Å². The first kappa shape index (κ1) is 20.8. The summed E-state index contributed by atoms with van der Waals surface area (Å²) in [4.78, 5) is 15.5. The van der Waals surface area contributed by atoms with Crippen LogP contribution in [-0.2, 0) is 0 Å². The third kappa shape index (κ3) is 4.20. The van der Waals surface area contributed by atoms with Crippen LogP contribution in [0, 0.1) is 0 Å². The number of nitrogens with zero attached hydrogens (tertiary/aromatic N) is 3. The second-order valence-electron chi connectivity index (χ2n) is 7.39. The lowest BCUT2D eigenvalue weighted by atomic mass is 9.98. The van der Waals surface area contributed by atoms with Crippen molar-refractivity contribution < 1.29 is 4.79 Å². The molecule has 0 spiro atoms. The Hall–Kier alpha value is -2.44. The molecule has 0 fully saturated rings. The molecule has 0 bridgehead atoms. The molecule has 0 unspecified atom stereocenters. The average Bonchev–Trinajstić information content (AvgIpc) is 3.19. The zero-order valence-electron chi connectivity index (χ0n) is 16.7. The molecule has 4 rings (SSSR count). The largest absolute Gasteiger partial charge is 0.378 e. The highest BCUT2D eigenvalue weighted by Gasteiger charge is 2.34. The minimum atomic E-state index is -0.153. The molecule has 0 N–H and O–H groups in total. The number of amides is 1. The molecule has 1 aliphatic heterocycles. The van der Waals surface area contributed by atoms with Gasteiger partial charge < -0.3 is 4.90 Å². The number of anilines is 1. The van der Waals surface area contributed by atoms with Gasteiger partial charge in [-0.05, 0) is 63.5 Å². The Bertz CT molecular complexity index is 1090. The van der Waals surface area contributed by atoms with Crippen molar-refractivity contribution in [2.75, 3.05) is 19.0 Å². The van der Waals surface area contributed by atoms with E-state index in [0.29, 0.717) is 12.0 Å². The highest BCUT2D eigenvalue weighted by molar-refractivity contribution is 9.10. The molecule has 1 heterocycles. The standard InChI is InChI=1S/C24H21Br2N3O/c1-28(2)19-13-9-17(10-14-19)23-15-22(16-7-11-18(25)12-8-16)27-29(23)24(30)20-5-3-4-6-21(20)26/h3-14,23H,15H2,1-2H3/t23-/m1/s1. The van der Waals surface area contributed by atoms with Crippen molar-refractivity contribution in [1.82, 2.24) is 5.01 Å². The summed E-state index contributed by atoms with van der Waals surface area (Å²) < 4.78 is 1.78. The van der Waals surface area contributed by atoms with E-state index < -0.39 is 0 Å². The van der Waals surface area contributed by atoms with Crippen LogP contribution in [0.25, 0.3) is 0 Å². The maximum absolute atomic E-state index is 13.4. The van der Waals surface area contributed by atoms with E-state index in [1.807, 2.05) is 62.6 Å². The lowest BCUT2D eigenvalue weighted by Crippen LogP contribution is -2.27. The quantitative estimate of drug-likeness (QED) is 0.401. The van der Waals surface area contributed by atoms with Crippen LogP contribution >= 0.6 is 31.9 Å². The van der Waals surface area contributed by atoms with Gasteiger partial charge in [0.15, 0.2) is 0 Å². The van der Waals surface area contributed by atoms with Gasteiger partial charge in [-0.3, -0.25) is 4.79 Å². The number of hydrogen-bond donors (Lipinski definition) is 0. The molecule has 3 aromatic carbocycles. The smallest absolute Gasteiger partial charge is 0.275 e. The number of hydrogen-bond acceptors (Lipinski definition) is 3. The van der Waals surface area contributed by atoms with E-state index in [4.69, 9.17) is 5.10 Å². The maximum Gasteiger partial charge on any atom is 0.275 e. The van der Waals surface area contributed by atoms with E-state index in [1.54, 1.807) is 5.01 Å². The molecule has 0 saturated heterocycles. The van der Waals surface area contributed by atoms with Crippen LogP contribution in [-0.4, -0.2) is 30.7 Å². The minimum Gasteiger partial charge on any atom is -0.378 e. The van der Waals surface area contributed by atoms with E-state index in [9.17, 15) is 4.79 Å². The molecule has 6 heteroatoms. The first-order valence-electron chi connectivity index (χ1n) is 9.63. The summed E-state index contributed by atoms with van der Waals surface area (Å²) in [7, 11) is 4.03. The van der Waals surface area contributed by atoms with Crippen molar-refractivity contribution in [3.63, 3.8) is 0 Å². The van der Waals surface area contributed by atoms with Gasteiger partial charge in [0.05, 0.1) is 17.3 Å². The second-order valence-corrected chi connectivity index (χ2v) is 9.16. The summed E-state index contributed by atoms with van der Waals surface area (Å²) in [6.07, 6.45) is 0.666. The summed E-state index contributed by atoms with van der Waals surface area (Å²) >= 11 is 6.99. The molecular formula is C24H21Br2N3O. The molecule has 1 aliphatic rings. The van der Waals surface area contributed by atoms with E-state index in [-0.39, 0.29) is 11.9 Å². The van der Waals surface area contributed by atoms with Crippen LogP contribution in [0.5, 0.6) is 0 Å². The summed E-state index contributed by atoms with van der Waals surface area (Å²) in [6, 6.07) is 23.7. The highest BCUT2D eigenvalue weighted by atomic mass is 79.9. The van der Waals surface area contributed by atoms with Gasteiger partial charge >= 0.3 is 0 Å². The summed E-state index contributed by atoms with van der Waals surface area (Å²) in [5.74, 6) is -0.115. The Kier molecular flexibility index (Phi) is 6.06. The van der Waals surface area contributed by atoms with Crippen LogP contribution in [0.3, 0.4) is 0 Å². The second kappa shape index (κ2) is 8.74. The molecule has 1 amide bonds.